The topological polar surface area (TPSA) is 41.5 Å². The van der Waals surface area contributed by atoms with Gasteiger partial charge in [-0.3, -0.25) is 0 Å². The van der Waals surface area contributed by atoms with Crippen molar-refractivity contribution in [1.82, 2.24) is 5.32 Å². The smallest absolute Gasteiger partial charge is 0.122 e. The van der Waals surface area contributed by atoms with E-state index in [0.717, 1.165) is 37.2 Å². The monoisotopic (exact) mass is 269 g/mol. The first kappa shape index (κ1) is 13.7. The van der Waals surface area contributed by atoms with E-state index in [1.807, 2.05) is 25.1 Å². The van der Waals surface area contributed by atoms with Gasteiger partial charge in [0.05, 0.1) is 13.2 Å². The van der Waals surface area contributed by atoms with E-state index >= 15 is 0 Å². The molecule has 0 saturated carbocycles. The first-order valence-electron chi connectivity index (χ1n) is 6.33. The number of methoxy groups -OCH3 is 1. The van der Waals surface area contributed by atoms with Crippen molar-refractivity contribution in [2.24, 2.45) is 0 Å². The van der Waals surface area contributed by atoms with Crippen LogP contribution in [0.4, 0.5) is 0 Å². The predicted octanol–water partition coefficient (Wildman–Crippen LogP) is 2.35. The molecular weight excluding hydrogens is 250 g/mol. The summed E-state index contributed by atoms with van der Waals surface area (Å²) in [6.07, 6.45) is 1.36. The molecule has 0 radical (unpaired) electrons. The lowest BCUT2D eigenvalue weighted by Gasteiger charge is -2.41. The zero-order valence-electron chi connectivity index (χ0n) is 10.9. The average molecular weight is 270 g/mol. The fourth-order valence-electron chi connectivity index (χ4n) is 2.85. The van der Waals surface area contributed by atoms with Gasteiger partial charge in [-0.1, -0.05) is 11.6 Å². The van der Waals surface area contributed by atoms with Crippen LogP contribution in [0.15, 0.2) is 18.2 Å². The molecule has 2 rings (SSSR count). The molecular formula is C14H20ClNO2. The number of nitrogens with one attached hydrogen (secondary N) is 1. The molecule has 1 aromatic rings. The van der Waals surface area contributed by atoms with Crippen LogP contribution < -0.4 is 10.1 Å². The van der Waals surface area contributed by atoms with Crippen molar-refractivity contribution >= 4 is 11.6 Å². The molecule has 1 fully saturated rings. The molecule has 3 nitrogen and oxygen atoms in total. The molecule has 1 aliphatic rings. The van der Waals surface area contributed by atoms with Crippen LogP contribution in [0.1, 0.15) is 25.3 Å². The Kier molecular flexibility index (Phi) is 4.15. The summed E-state index contributed by atoms with van der Waals surface area (Å²) >= 11 is 6.11. The highest BCUT2D eigenvalue weighted by molar-refractivity contribution is 6.30. The van der Waals surface area contributed by atoms with Gasteiger partial charge in [0.25, 0.3) is 0 Å². The summed E-state index contributed by atoms with van der Waals surface area (Å²) in [5, 5.41) is 14.3. The molecule has 2 N–H and O–H groups in total. The van der Waals surface area contributed by atoms with Gasteiger partial charge in [0, 0.05) is 16.0 Å². The Morgan fingerprint density at radius 1 is 1.39 bits per heavy atom. The van der Waals surface area contributed by atoms with Gasteiger partial charge < -0.3 is 15.2 Å². The molecule has 0 aromatic heterocycles. The van der Waals surface area contributed by atoms with Crippen LogP contribution in [0.5, 0.6) is 5.75 Å². The Labute approximate surface area is 113 Å². The third kappa shape index (κ3) is 2.35. The summed E-state index contributed by atoms with van der Waals surface area (Å²) in [7, 11) is 1.66. The number of halogens is 1. The standard InChI is InChI=1S/C14H20ClNO2/c1-10(17)14(5-7-16-8-6-14)12-9-11(15)3-4-13(12)18-2/h3-4,9-10,16-17H,5-8H2,1-2H3. The summed E-state index contributed by atoms with van der Waals surface area (Å²) in [5.41, 5.74) is 0.760. The number of hydrogen-bond donors (Lipinski definition) is 2. The van der Waals surface area contributed by atoms with E-state index in [1.165, 1.54) is 0 Å². The number of rotatable bonds is 3. The molecule has 1 unspecified atom stereocenters. The lowest BCUT2D eigenvalue weighted by Crippen LogP contribution is -2.47. The Morgan fingerprint density at radius 2 is 2.06 bits per heavy atom. The minimum atomic E-state index is -0.424. The highest BCUT2D eigenvalue weighted by Gasteiger charge is 2.40. The lowest BCUT2D eigenvalue weighted by molar-refractivity contribution is 0.0714. The Bertz CT molecular complexity index is 414. The van der Waals surface area contributed by atoms with Crippen molar-refractivity contribution in [2.75, 3.05) is 20.2 Å². The zero-order valence-corrected chi connectivity index (χ0v) is 11.6. The maximum absolute atomic E-state index is 10.3. The third-order valence-corrected chi connectivity index (χ3v) is 4.23. The largest absolute Gasteiger partial charge is 0.496 e. The fourth-order valence-corrected chi connectivity index (χ4v) is 3.03. The molecule has 1 aliphatic heterocycles. The highest BCUT2D eigenvalue weighted by atomic mass is 35.5. The molecule has 1 heterocycles. The second kappa shape index (κ2) is 5.47. The highest BCUT2D eigenvalue weighted by Crippen LogP contribution is 2.42. The van der Waals surface area contributed by atoms with Crippen molar-refractivity contribution in [2.45, 2.75) is 31.3 Å². The number of ether oxygens (including phenoxy) is 1. The number of piperidine rings is 1. The fraction of sp³-hybridized carbons (Fsp3) is 0.571. The van der Waals surface area contributed by atoms with Crippen molar-refractivity contribution in [1.29, 1.82) is 0 Å². The van der Waals surface area contributed by atoms with Crippen molar-refractivity contribution in [3.05, 3.63) is 28.8 Å². The number of aliphatic hydroxyl groups excluding tert-OH is 1. The van der Waals surface area contributed by atoms with Gasteiger partial charge in [-0.05, 0) is 51.1 Å². The van der Waals surface area contributed by atoms with Crippen LogP contribution in [-0.4, -0.2) is 31.4 Å². The second-order valence-corrected chi connectivity index (χ2v) is 5.36. The van der Waals surface area contributed by atoms with E-state index in [9.17, 15) is 5.11 Å². The van der Waals surface area contributed by atoms with E-state index in [1.54, 1.807) is 7.11 Å². The molecule has 1 aromatic carbocycles. The van der Waals surface area contributed by atoms with Crippen molar-refractivity contribution in [3.63, 3.8) is 0 Å². The van der Waals surface area contributed by atoms with Crippen LogP contribution in [0, 0.1) is 0 Å². The van der Waals surface area contributed by atoms with E-state index < -0.39 is 6.10 Å². The van der Waals surface area contributed by atoms with Crippen molar-refractivity contribution < 1.29 is 9.84 Å². The van der Waals surface area contributed by atoms with Crippen molar-refractivity contribution in [3.8, 4) is 5.75 Å². The summed E-state index contributed by atoms with van der Waals surface area (Å²) in [5.74, 6) is 0.808. The van der Waals surface area contributed by atoms with E-state index in [2.05, 4.69) is 5.32 Å². The average Bonchev–Trinajstić information content (AvgIpc) is 2.39. The summed E-state index contributed by atoms with van der Waals surface area (Å²) in [6, 6.07) is 5.63. The number of benzene rings is 1. The van der Waals surface area contributed by atoms with Gasteiger partial charge in [0.1, 0.15) is 5.75 Å². The van der Waals surface area contributed by atoms with Crippen LogP contribution in [-0.2, 0) is 5.41 Å². The van der Waals surface area contributed by atoms with Gasteiger partial charge in [-0.2, -0.15) is 0 Å². The van der Waals surface area contributed by atoms with Crippen LogP contribution >= 0.6 is 11.6 Å². The van der Waals surface area contributed by atoms with E-state index in [4.69, 9.17) is 16.3 Å². The van der Waals surface area contributed by atoms with Gasteiger partial charge >= 0.3 is 0 Å². The minimum Gasteiger partial charge on any atom is -0.496 e. The first-order valence-corrected chi connectivity index (χ1v) is 6.71. The first-order chi connectivity index (χ1) is 8.60. The molecule has 0 bridgehead atoms. The summed E-state index contributed by atoms with van der Waals surface area (Å²) in [4.78, 5) is 0. The normalized spacial score (nSPS) is 20.4. The van der Waals surface area contributed by atoms with Gasteiger partial charge in [-0.15, -0.1) is 0 Å². The molecule has 0 amide bonds. The Hall–Kier alpha value is -0.770. The van der Waals surface area contributed by atoms with Crippen LogP contribution in [0.3, 0.4) is 0 Å². The van der Waals surface area contributed by atoms with Gasteiger partial charge in [-0.25, -0.2) is 0 Å². The minimum absolute atomic E-state index is 0.262. The predicted molar refractivity (Wildman–Crippen MR) is 73.5 cm³/mol. The summed E-state index contributed by atoms with van der Waals surface area (Å²) in [6.45, 7) is 3.66. The van der Waals surface area contributed by atoms with Crippen LogP contribution in [0.25, 0.3) is 0 Å². The second-order valence-electron chi connectivity index (χ2n) is 4.93. The Morgan fingerprint density at radius 3 is 2.61 bits per heavy atom. The number of hydrogen-bond acceptors (Lipinski definition) is 3. The summed E-state index contributed by atoms with van der Waals surface area (Å²) < 4.78 is 5.44. The maximum atomic E-state index is 10.3. The molecule has 1 saturated heterocycles. The molecule has 100 valence electrons. The molecule has 0 spiro atoms. The molecule has 1 atom stereocenters. The quantitative estimate of drug-likeness (QED) is 0.885. The molecule has 0 aliphatic carbocycles. The van der Waals surface area contributed by atoms with Gasteiger partial charge in [0.15, 0.2) is 0 Å². The van der Waals surface area contributed by atoms with Crippen LogP contribution in [0.2, 0.25) is 5.02 Å². The maximum Gasteiger partial charge on any atom is 0.122 e. The van der Waals surface area contributed by atoms with E-state index in [0.29, 0.717) is 5.02 Å². The lowest BCUT2D eigenvalue weighted by atomic mass is 9.69. The number of aliphatic hydroxyl groups is 1. The van der Waals surface area contributed by atoms with Gasteiger partial charge in [0.2, 0.25) is 0 Å². The third-order valence-electron chi connectivity index (χ3n) is 3.99. The van der Waals surface area contributed by atoms with E-state index in [-0.39, 0.29) is 5.41 Å². The molecule has 4 heteroatoms. The Balaban J connectivity index is 2.50. The zero-order chi connectivity index (χ0) is 13.2. The SMILES string of the molecule is COc1ccc(Cl)cc1C1(C(C)O)CCNCC1. The molecule has 18 heavy (non-hydrogen) atoms.